The summed E-state index contributed by atoms with van der Waals surface area (Å²) in [6.45, 7) is 1.92. The first-order valence-electron chi connectivity index (χ1n) is 3.85. The third kappa shape index (κ3) is 1.77. The van der Waals surface area contributed by atoms with Gasteiger partial charge in [0.25, 0.3) is 5.91 Å². The van der Waals surface area contributed by atoms with Crippen molar-refractivity contribution in [2.75, 3.05) is 5.32 Å². The molecule has 6 nitrogen and oxygen atoms in total. The van der Waals surface area contributed by atoms with E-state index in [1.54, 1.807) is 6.20 Å². The zero-order valence-corrected chi connectivity index (χ0v) is 8.13. The monoisotopic (exact) mass is 209 g/mol. The standard InChI is InChI=1S/C7H7N5OS/c1-4-2-8-7(14-4)11-6(13)5-9-3-10-12-5/h2-3H,1H3,(H,8,11,13)(H,9,10,12). The van der Waals surface area contributed by atoms with Gasteiger partial charge in [-0.25, -0.2) is 9.97 Å². The molecule has 0 spiro atoms. The number of anilines is 1. The molecule has 2 N–H and O–H groups in total. The van der Waals surface area contributed by atoms with Gasteiger partial charge in [0.1, 0.15) is 6.33 Å². The van der Waals surface area contributed by atoms with Crippen molar-refractivity contribution < 1.29 is 4.79 Å². The third-order valence-electron chi connectivity index (χ3n) is 1.47. The molecule has 0 fully saturated rings. The van der Waals surface area contributed by atoms with E-state index in [1.165, 1.54) is 17.7 Å². The molecule has 0 atom stereocenters. The second kappa shape index (κ2) is 3.54. The number of hydrogen-bond donors (Lipinski definition) is 2. The Kier molecular flexibility index (Phi) is 2.23. The topological polar surface area (TPSA) is 83.6 Å². The molecule has 0 aliphatic heterocycles. The SMILES string of the molecule is Cc1cnc(NC(=O)c2ncn[nH]2)s1. The van der Waals surface area contributed by atoms with Crippen LogP contribution < -0.4 is 5.32 Å². The minimum absolute atomic E-state index is 0.179. The van der Waals surface area contributed by atoms with Gasteiger partial charge in [0, 0.05) is 11.1 Å². The number of amides is 1. The summed E-state index contributed by atoms with van der Waals surface area (Å²) in [7, 11) is 0. The molecule has 0 bridgehead atoms. The summed E-state index contributed by atoms with van der Waals surface area (Å²) in [5, 5.41) is 9.20. The molecule has 14 heavy (non-hydrogen) atoms. The number of H-pyrrole nitrogens is 1. The summed E-state index contributed by atoms with van der Waals surface area (Å²) in [5.41, 5.74) is 0. The Balaban J connectivity index is 2.09. The highest BCUT2D eigenvalue weighted by atomic mass is 32.1. The normalized spacial score (nSPS) is 10.1. The van der Waals surface area contributed by atoms with Crippen LogP contribution in [0.4, 0.5) is 5.13 Å². The molecule has 72 valence electrons. The molecule has 0 aliphatic rings. The van der Waals surface area contributed by atoms with Crippen LogP contribution in [0.1, 0.15) is 15.5 Å². The average molecular weight is 209 g/mol. The molecule has 0 aliphatic carbocycles. The number of aryl methyl sites for hydroxylation is 1. The molecule has 2 rings (SSSR count). The van der Waals surface area contributed by atoms with Gasteiger partial charge in [-0.1, -0.05) is 0 Å². The number of hydrogen-bond acceptors (Lipinski definition) is 5. The summed E-state index contributed by atoms with van der Waals surface area (Å²) in [6.07, 6.45) is 2.97. The van der Waals surface area contributed by atoms with Gasteiger partial charge in [0.15, 0.2) is 5.13 Å². The van der Waals surface area contributed by atoms with E-state index in [9.17, 15) is 4.79 Å². The van der Waals surface area contributed by atoms with Crippen molar-refractivity contribution in [3.63, 3.8) is 0 Å². The number of rotatable bonds is 2. The van der Waals surface area contributed by atoms with Gasteiger partial charge in [-0.15, -0.1) is 11.3 Å². The van der Waals surface area contributed by atoms with E-state index in [4.69, 9.17) is 0 Å². The molecule has 0 saturated heterocycles. The molecule has 0 radical (unpaired) electrons. The maximum Gasteiger partial charge on any atom is 0.294 e. The van der Waals surface area contributed by atoms with Crippen LogP contribution in [0.25, 0.3) is 0 Å². The van der Waals surface area contributed by atoms with Crippen molar-refractivity contribution in [3.8, 4) is 0 Å². The third-order valence-corrected chi connectivity index (χ3v) is 2.30. The first-order chi connectivity index (χ1) is 6.75. The van der Waals surface area contributed by atoms with Gasteiger partial charge in [-0.05, 0) is 6.92 Å². The smallest absolute Gasteiger partial charge is 0.294 e. The first-order valence-corrected chi connectivity index (χ1v) is 4.66. The molecule has 1 amide bonds. The van der Waals surface area contributed by atoms with E-state index in [2.05, 4.69) is 25.5 Å². The minimum Gasteiger partial charge on any atom is -0.295 e. The van der Waals surface area contributed by atoms with Crippen LogP contribution in [-0.4, -0.2) is 26.1 Å². The highest BCUT2D eigenvalue weighted by Crippen LogP contribution is 2.16. The van der Waals surface area contributed by atoms with E-state index in [-0.39, 0.29) is 11.7 Å². The van der Waals surface area contributed by atoms with Crippen molar-refractivity contribution in [3.05, 3.63) is 23.2 Å². The fraction of sp³-hybridized carbons (Fsp3) is 0.143. The molecule has 7 heteroatoms. The van der Waals surface area contributed by atoms with Gasteiger partial charge in [-0.2, -0.15) is 5.10 Å². The van der Waals surface area contributed by atoms with Crippen LogP contribution in [0.5, 0.6) is 0 Å². The van der Waals surface area contributed by atoms with E-state index in [1.807, 2.05) is 6.92 Å². The van der Waals surface area contributed by atoms with Crippen molar-refractivity contribution >= 4 is 22.4 Å². The quantitative estimate of drug-likeness (QED) is 0.767. The van der Waals surface area contributed by atoms with E-state index >= 15 is 0 Å². The molecule has 0 saturated carbocycles. The van der Waals surface area contributed by atoms with Crippen LogP contribution in [-0.2, 0) is 0 Å². The lowest BCUT2D eigenvalue weighted by atomic mass is 10.6. The van der Waals surface area contributed by atoms with E-state index in [0.29, 0.717) is 5.13 Å². The highest BCUT2D eigenvalue weighted by molar-refractivity contribution is 7.15. The highest BCUT2D eigenvalue weighted by Gasteiger charge is 2.10. The number of nitrogens with zero attached hydrogens (tertiary/aromatic N) is 3. The predicted octanol–water partition coefficient (Wildman–Crippen LogP) is 0.822. The number of thiazole rings is 1. The van der Waals surface area contributed by atoms with E-state index in [0.717, 1.165) is 4.88 Å². The number of carbonyl (C=O) groups excluding carboxylic acids is 1. The van der Waals surface area contributed by atoms with Crippen LogP contribution in [0.2, 0.25) is 0 Å². The van der Waals surface area contributed by atoms with Crippen LogP contribution >= 0.6 is 11.3 Å². The number of carbonyl (C=O) groups is 1. The van der Waals surface area contributed by atoms with Crippen molar-refractivity contribution in [1.29, 1.82) is 0 Å². The van der Waals surface area contributed by atoms with Gasteiger partial charge in [0.05, 0.1) is 0 Å². The fourth-order valence-corrected chi connectivity index (χ4v) is 1.54. The van der Waals surface area contributed by atoms with E-state index < -0.39 is 0 Å². The second-order valence-electron chi connectivity index (χ2n) is 2.56. The van der Waals surface area contributed by atoms with Crippen LogP contribution in [0, 0.1) is 6.92 Å². The van der Waals surface area contributed by atoms with Gasteiger partial charge >= 0.3 is 0 Å². The Labute approximate surface area is 83.4 Å². The molecular formula is C7H7N5OS. The van der Waals surface area contributed by atoms with Gasteiger partial charge in [0.2, 0.25) is 5.82 Å². The Morgan fingerprint density at radius 3 is 3.00 bits per heavy atom. The van der Waals surface area contributed by atoms with Crippen LogP contribution in [0.3, 0.4) is 0 Å². The Morgan fingerprint density at radius 2 is 2.43 bits per heavy atom. The molecule has 0 unspecified atom stereocenters. The first kappa shape index (κ1) is 8.82. The second-order valence-corrected chi connectivity index (χ2v) is 3.80. The fourth-order valence-electron chi connectivity index (χ4n) is 0.884. The average Bonchev–Trinajstić information content (AvgIpc) is 2.75. The lowest BCUT2D eigenvalue weighted by Crippen LogP contribution is -2.13. The molecule has 0 aromatic carbocycles. The zero-order chi connectivity index (χ0) is 9.97. The number of nitrogens with one attached hydrogen (secondary N) is 2. The lowest BCUT2D eigenvalue weighted by Gasteiger charge is -1.95. The summed E-state index contributed by atoms with van der Waals surface area (Å²) in [4.78, 5) is 20.2. The maximum absolute atomic E-state index is 11.4. The largest absolute Gasteiger partial charge is 0.295 e. The van der Waals surface area contributed by atoms with Crippen LogP contribution in [0.15, 0.2) is 12.5 Å². The molecule has 2 heterocycles. The summed E-state index contributed by atoms with van der Waals surface area (Å²) in [5.74, 6) is -0.158. The predicted molar refractivity (Wildman–Crippen MR) is 51.2 cm³/mol. The molecular weight excluding hydrogens is 202 g/mol. The Hall–Kier alpha value is -1.76. The van der Waals surface area contributed by atoms with Gasteiger partial charge in [-0.3, -0.25) is 15.2 Å². The zero-order valence-electron chi connectivity index (χ0n) is 7.31. The number of aromatic amines is 1. The summed E-state index contributed by atoms with van der Waals surface area (Å²) < 4.78 is 0. The van der Waals surface area contributed by atoms with Crippen molar-refractivity contribution in [2.24, 2.45) is 0 Å². The minimum atomic E-state index is -0.336. The number of aromatic nitrogens is 4. The maximum atomic E-state index is 11.4. The van der Waals surface area contributed by atoms with Crippen molar-refractivity contribution in [2.45, 2.75) is 6.92 Å². The lowest BCUT2D eigenvalue weighted by molar-refractivity contribution is 0.101. The molecule has 2 aromatic heterocycles. The van der Waals surface area contributed by atoms with Gasteiger partial charge < -0.3 is 0 Å². The summed E-state index contributed by atoms with van der Waals surface area (Å²) in [6, 6.07) is 0. The Morgan fingerprint density at radius 1 is 1.57 bits per heavy atom. The molecule has 2 aromatic rings. The van der Waals surface area contributed by atoms with Crippen molar-refractivity contribution in [1.82, 2.24) is 20.2 Å². The Bertz CT molecular complexity index is 435. The summed E-state index contributed by atoms with van der Waals surface area (Å²) >= 11 is 1.41.